The van der Waals surface area contributed by atoms with Crippen LogP contribution in [0.25, 0.3) is 0 Å². The molecule has 0 fully saturated rings. The van der Waals surface area contributed by atoms with Crippen molar-refractivity contribution < 1.29 is 4.79 Å². The van der Waals surface area contributed by atoms with Crippen LogP contribution in [0, 0.1) is 0 Å². The van der Waals surface area contributed by atoms with Crippen LogP contribution in [0.15, 0.2) is 48.5 Å². The molecular weight excluding hydrogens is 280 g/mol. The van der Waals surface area contributed by atoms with E-state index in [0.29, 0.717) is 0 Å². The monoisotopic (exact) mass is 307 g/mol. The first-order valence-corrected chi connectivity index (χ1v) is 8.21. The Hall–Kier alpha value is -1.89. The first-order chi connectivity index (χ1) is 10.6. The molecule has 0 saturated heterocycles. The summed E-state index contributed by atoms with van der Waals surface area (Å²) in [5.41, 5.74) is 4.77. The lowest BCUT2D eigenvalue weighted by atomic mass is 9.83. The van der Waals surface area contributed by atoms with Crippen molar-refractivity contribution in [1.29, 1.82) is 0 Å². The van der Waals surface area contributed by atoms with Gasteiger partial charge in [-0.3, -0.25) is 4.79 Å². The molecule has 1 radical (unpaired) electrons. The van der Waals surface area contributed by atoms with E-state index in [1.54, 1.807) is 0 Å². The van der Waals surface area contributed by atoms with Crippen LogP contribution in [0.3, 0.4) is 0 Å². The van der Waals surface area contributed by atoms with Crippen molar-refractivity contribution in [3.63, 3.8) is 0 Å². The van der Waals surface area contributed by atoms with E-state index in [2.05, 4.69) is 72.1 Å². The zero-order valence-corrected chi connectivity index (χ0v) is 15.1. The highest BCUT2D eigenvalue weighted by atomic mass is 16.1. The molecule has 0 aliphatic carbocycles. The topological polar surface area (TPSA) is 17.1 Å². The molecule has 2 rings (SSSR count). The first kappa shape index (κ1) is 17.5. The Morgan fingerprint density at radius 2 is 0.957 bits per heavy atom. The van der Waals surface area contributed by atoms with Crippen molar-refractivity contribution in [2.75, 3.05) is 0 Å². The Bertz CT molecular complexity index is 592. The van der Waals surface area contributed by atoms with Gasteiger partial charge in [-0.25, -0.2) is 0 Å². The van der Waals surface area contributed by atoms with Crippen LogP contribution in [-0.4, -0.2) is 6.29 Å². The highest BCUT2D eigenvalue weighted by Crippen LogP contribution is 2.29. The molecule has 0 bridgehead atoms. The maximum atomic E-state index is 11.5. The van der Waals surface area contributed by atoms with Crippen LogP contribution in [-0.2, 0) is 15.6 Å². The molecule has 2 aromatic rings. The normalized spacial score (nSPS) is 12.5. The molecule has 2 aromatic carbocycles. The van der Waals surface area contributed by atoms with Gasteiger partial charge in [0.2, 0.25) is 6.29 Å². The van der Waals surface area contributed by atoms with Gasteiger partial charge in [-0.05, 0) is 33.1 Å². The molecule has 0 unspecified atom stereocenters. The van der Waals surface area contributed by atoms with Gasteiger partial charge in [-0.2, -0.15) is 0 Å². The third-order valence-corrected chi connectivity index (χ3v) is 4.34. The maximum absolute atomic E-state index is 11.5. The molecule has 1 heteroatoms. The summed E-state index contributed by atoms with van der Waals surface area (Å²) in [4.78, 5) is 11.5. The van der Waals surface area contributed by atoms with Gasteiger partial charge in [0.25, 0.3) is 0 Å². The van der Waals surface area contributed by atoms with Crippen molar-refractivity contribution in [2.45, 2.75) is 58.3 Å². The van der Waals surface area contributed by atoms with Gasteiger partial charge in [-0.15, -0.1) is 0 Å². The Kier molecular flexibility index (Phi) is 4.79. The molecule has 0 N–H and O–H groups in total. The fraction of sp³-hybridized carbons (Fsp3) is 0.409. The Balaban J connectivity index is 2.31. The summed E-state index contributed by atoms with van der Waals surface area (Å²) in [7, 11) is 0. The molecule has 0 heterocycles. The van der Waals surface area contributed by atoms with Crippen molar-refractivity contribution in [2.24, 2.45) is 0 Å². The molecule has 0 spiro atoms. The quantitative estimate of drug-likeness (QED) is 0.729. The summed E-state index contributed by atoms with van der Waals surface area (Å²) in [5, 5.41) is 0. The first-order valence-electron chi connectivity index (χ1n) is 8.21. The zero-order valence-electron chi connectivity index (χ0n) is 15.1. The molecule has 0 amide bonds. The number of hydrogen-bond donors (Lipinski definition) is 0. The van der Waals surface area contributed by atoms with E-state index >= 15 is 0 Å². The van der Waals surface area contributed by atoms with Gasteiger partial charge in [0.15, 0.2) is 0 Å². The molecule has 121 valence electrons. The van der Waals surface area contributed by atoms with Gasteiger partial charge in [0.1, 0.15) is 0 Å². The van der Waals surface area contributed by atoms with Crippen LogP contribution in [0.1, 0.15) is 69.7 Å². The SMILES string of the molecule is CC(C)(C)c1ccc(C([C]=O)c2ccc(C(C)(C)C)cc2)cc1. The average Bonchev–Trinajstić information content (AvgIpc) is 2.47. The molecule has 0 atom stereocenters. The number of rotatable bonds is 3. The lowest BCUT2D eigenvalue weighted by Gasteiger charge is -2.21. The Morgan fingerprint density at radius 1 is 0.652 bits per heavy atom. The zero-order chi connectivity index (χ0) is 17.3. The minimum atomic E-state index is -0.321. The second-order valence-corrected chi connectivity index (χ2v) is 8.29. The average molecular weight is 307 g/mol. The predicted molar refractivity (Wildman–Crippen MR) is 97.8 cm³/mol. The van der Waals surface area contributed by atoms with E-state index in [1.165, 1.54) is 11.1 Å². The molecule has 0 saturated carbocycles. The Labute approximate surface area is 140 Å². The van der Waals surface area contributed by atoms with E-state index < -0.39 is 0 Å². The summed E-state index contributed by atoms with van der Waals surface area (Å²) >= 11 is 0. The summed E-state index contributed by atoms with van der Waals surface area (Å²) < 4.78 is 0. The molecule has 0 aromatic heterocycles. The van der Waals surface area contributed by atoms with Crippen LogP contribution in [0.5, 0.6) is 0 Å². The van der Waals surface area contributed by atoms with E-state index in [1.807, 2.05) is 24.3 Å². The van der Waals surface area contributed by atoms with Gasteiger partial charge in [0, 0.05) is 0 Å². The third kappa shape index (κ3) is 4.10. The minimum absolute atomic E-state index is 0.118. The van der Waals surface area contributed by atoms with Crippen molar-refractivity contribution in [1.82, 2.24) is 0 Å². The van der Waals surface area contributed by atoms with Crippen molar-refractivity contribution >= 4 is 6.29 Å². The smallest absolute Gasteiger partial charge is 0.211 e. The van der Waals surface area contributed by atoms with E-state index in [9.17, 15) is 4.79 Å². The largest absolute Gasteiger partial charge is 0.290 e. The van der Waals surface area contributed by atoms with Gasteiger partial charge >= 0.3 is 0 Å². The molecule has 1 nitrogen and oxygen atoms in total. The van der Waals surface area contributed by atoms with Crippen molar-refractivity contribution in [3.8, 4) is 0 Å². The molecule has 0 aliphatic heterocycles. The number of hydrogen-bond acceptors (Lipinski definition) is 1. The fourth-order valence-corrected chi connectivity index (χ4v) is 2.68. The standard InChI is InChI=1S/C22H27O/c1-21(2,3)18-11-7-16(8-12-18)20(15-23)17-9-13-19(14-10-17)22(4,5)6/h7-14,20H,1-6H3. The van der Waals surface area contributed by atoms with E-state index in [0.717, 1.165) is 11.1 Å². The molecular formula is C22H27O. The third-order valence-electron chi connectivity index (χ3n) is 4.34. The highest BCUT2D eigenvalue weighted by Gasteiger charge is 2.19. The van der Waals surface area contributed by atoms with Crippen molar-refractivity contribution in [3.05, 3.63) is 70.8 Å². The van der Waals surface area contributed by atoms with Gasteiger partial charge in [0.05, 0.1) is 5.92 Å². The predicted octanol–water partition coefficient (Wildman–Crippen LogP) is 5.52. The Morgan fingerprint density at radius 3 is 1.17 bits per heavy atom. The lowest BCUT2D eigenvalue weighted by Crippen LogP contribution is -2.12. The van der Waals surface area contributed by atoms with Crippen LogP contribution >= 0.6 is 0 Å². The van der Waals surface area contributed by atoms with E-state index in [4.69, 9.17) is 0 Å². The number of carbonyl (C=O) groups excluding carboxylic acids is 1. The molecule has 0 aliphatic rings. The van der Waals surface area contributed by atoms with Crippen LogP contribution in [0.2, 0.25) is 0 Å². The summed E-state index contributed by atoms with van der Waals surface area (Å²) in [6.45, 7) is 13.1. The summed E-state index contributed by atoms with van der Waals surface area (Å²) in [6.07, 6.45) is 2.20. The van der Waals surface area contributed by atoms with Crippen LogP contribution < -0.4 is 0 Å². The van der Waals surface area contributed by atoms with Gasteiger partial charge in [-0.1, -0.05) is 90.1 Å². The second-order valence-electron chi connectivity index (χ2n) is 8.29. The number of benzene rings is 2. The van der Waals surface area contributed by atoms with E-state index in [-0.39, 0.29) is 16.7 Å². The lowest BCUT2D eigenvalue weighted by molar-refractivity contribution is 0.549. The van der Waals surface area contributed by atoms with Gasteiger partial charge < -0.3 is 0 Å². The van der Waals surface area contributed by atoms with Crippen LogP contribution in [0.4, 0.5) is 0 Å². The summed E-state index contributed by atoms with van der Waals surface area (Å²) in [6, 6.07) is 16.7. The highest BCUT2D eigenvalue weighted by molar-refractivity contribution is 5.69. The molecule has 23 heavy (non-hydrogen) atoms. The minimum Gasteiger partial charge on any atom is -0.290 e. The maximum Gasteiger partial charge on any atom is 0.211 e. The fourth-order valence-electron chi connectivity index (χ4n) is 2.68. The summed E-state index contributed by atoms with van der Waals surface area (Å²) in [5.74, 6) is -0.321. The second kappa shape index (κ2) is 6.31.